The van der Waals surface area contributed by atoms with Crippen LogP contribution in [-0.2, 0) is 15.6 Å². The van der Waals surface area contributed by atoms with Gasteiger partial charge in [-0.15, -0.1) is 0 Å². The lowest BCUT2D eigenvalue weighted by atomic mass is 10.2. The molecule has 0 saturated heterocycles. The highest BCUT2D eigenvalue weighted by Gasteiger charge is 2.02. The van der Waals surface area contributed by atoms with Gasteiger partial charge in [-0.25, -0.2) is 0 Å². The summed E-state index contributed by atoms with van der Waals surface area (Å²) in [6.07, 6.45) is 4.82. The molecule has 0 fully saturated rings. The Bertz CT molecular complexity index is 682. The molecule has 23 heavy (non-hydrogen) atoms. The Balaban J connectivity index is 1.88. The lowest BCUT2D eigenvalue weighted by Crippen LogP contribution is -2.05. The molecular formula is C18H14Cl2O2S. The van der Waals surface area contributed by atoms with Crippen LogP contribution in [0.5, 0.6) is 0 Å². The van der Waals surface area contributed by atoms with Gasteiger partial charge in [-0.1, -0.05) is 53.5 Å². The van der Waals surface area contributed by atoms with Crippen molar-refractivity contribution in [2.45, 2.75) is 0 Å². The first-order valence-electron chi connectivity index (χ1n) is 6.80. The lowest BCUT2D eigenvalue weighted by Gasteiger charge is -1.95. The molecule has 0 amide bonds. The van der Waals surface area contributed by atoms with E-state index >= 15 is 0 Å². The zero-order chi connectivity index (χ0) is 16.7. The van der Waals surface area contributed by atoms with Crippen molar-refractivity contribution in [3.63, 3.8) is 0 Å². The molecule has 1 atom stereocenters. The Morgan fingerprint density at radius 3 is 1.87 bits per heavy atom. The molecule has 0 bridgehead atoms. The first kappa shape index (κ1) is 17.7. The summed E-state index contributed by atoms with van der Waals surface area (Å²) < 4.78 is 11.9. The molecule has 0 aliphatic heterocycles. The molecule has 2 nitrogen and oxygen atoms in total. The van der Waals surface area contributed by atoms with E-state index in [1.165, 1.54) is 11.5 Å². The molecule has 0 saturated carbocycles. The summed E-state index contributed by atoms with van der Waals surface area (Å²) in [6, 6.07) is 14.3. The van der Waals surface area contributed by atoms with E-state index in [2.05, 4.69) is 0 Å². The van der Waals surface area contributed by atoms with Crippen LogP contribution in [0.3, 0.4) is 0 Å². The summed E-state index contributed by atoms with van der Waals surface area (Å²) in [5.41, 5.74) is 1.75. The molecule has 0 aliphatic carbocycles. The van der Waals surface area contributed by atoms with Crippen molar-refractivity contribution in [3.05, 3.63) is 81.2 Å². The maximum absolute atomic E-state index is 11.9. The third kappa shape index (κ3) is 6.53. The van der Waals surface area contributed by atoms with E-state index < -0.39 is 10.8 Å². The van der Waals surface area contributed by atoms with Crippen molar-refractivity contribution in [2.24, 2.45) is 0 Å². The van der Waals surface area contributed by atoms with E-state index in [9.17, 15) is 9.00 Å². The van der Waals surface area contributed by atoms with Gasteiger partial charge in [-0.05, 0) is 47.5 Å². The number of halogens is 2. The maximum atomic E-state index is 11.9. The van der Waals surface area contributed by atoms with E-state index in [4.69, 9.17) is 23.2 Å². The highest BCUT2D eigenvalue weighted by molar-refractivity contribution is 7.88. The summed E-state index contributed by atoms with van der Waals surface area (Å²) in [5, 5.41) is 2.80. The van der Waals surface area contributed by atoms with Crippen LogP contribution in [0.1, 0.15) is 11.1 Å². The van der Waals surface area contributed by atoms with E-state index in [-0.39, 0.29) is 11.5 Å². The SMILES string of the molecule is O=C(C=Cc1ccc(Cl)cc1)CS(=O)/C=C/c1ccc(Cl)cc1. The topological polar surface area (TPSA) is 34.1 Å². The largest absolute Gasteiger partial charge is 0.294 e. The number of carbonyl (C=O) groups excluding carboxylic acids is 1. The first-order valence-corrected chi connectivity index (χ1v) is 8.94. The van der Waals surface area contributed by atoms with Crippen LogP contribution in [0.4, 0.5) is 0 Å². The van der Waals surface area contributed by atoms with Crippen molar-refractivity contribution in [3.8, 4) is 0 Å². The molecule has 5 heteroatoms. The number of hydrogen-bond donors (Lipinski definition) is 0. The Labute approximate surface area is 147 Å². The van der Waals surface area contributed by atoms with Crippen LogP contribution in [0.25, 0.3) is 12.2 Å². The molecule has 0 radical (unpaired) electrons. The molecule has 118 valence electrons. The van der Waals surface area contributed by atoms with Gasteiger partial charge in [-0.2, -0.15) is 0 Å². The minimum atomic E-state index is -1.35. The predicted octanol–water partition coefficient (Wildman–Crippen LogP) is 5.00. The fraction of sp³-hybridized carbons (Fsp3) is 0.0556. The van der Waals surface area contributed by atoms with E-state index in [0.717, 1.165) is 11.1 Å². The molecule has 2 aromatic rings. The molecule has 2 rings (SSSR count). The smallest absolute Gasteiger partial charge is 0.168 e. The molecule has 2 aromatic carbocycles. The minimum Gasteiger partial charge on any atom is -0.294 e. The first-order chi connectivity index (χ1) is 11.0. The summed E-state index contributed by atoms with van der Waals surface area (Å²) in [7, 11) is -1.35. The van der Waals surface area contributed by atoms with Crippen LogP contribution in [0.2, 0.25) is 10.0 Å². The van der Waals surface area contributed by atoms with Crippen LogP contribution >= 0.6 is 23.2 Å². The quantitative estimate of drug-likeness (QED) is 0.676. The van der Waals surface area contributed by atoms with Crippen molar-refractivity contribution < 1.29 is 9.00 Å². The standard InChI is InChI=1S/C18H14Cl2O2S/c19-16-6-1-14(2-7-16)5-10-18(21)13-23(22)12-11-15-3-8-17(20)9-4-15/h1-12H,13H2/b10-5?,12-11+. The predicted molar refractivity (Wildman–Crippen MR) is 99.0 cm³/mol. The molecule has 1 unspecified atom stereocenters. The van der Waals surface area contributed by atoms with Gasteiger partial charge in [0.25, 0.3) is 0 Å². The van der Waals surface area contributed by atoms with Crippen molar-refractivity contribution in [2.75, 3.05) is 5.75 Å². The number of allylic oxidation sites excluding steroid dienone is 1. The van der Waals surface area contributed by atoms with Crippen LogP contribution < -0.4 is 0 Å². The average Bonchev–Trinajstić information content (AvgIpc) is 2.54. The lowest BCUT2D eigenvalue weighted by molar-refractivity contribution is -0.112. The molecule has 0 N–H and O–H groups in total. The molecule has 0 aromatic heterocycles. The van der Waals surface area contributed by atoms with Crippen LogP contribution in [0, 0.1) is 0 Å². The zero-order valence-corrected chi connectivity index (χ0v) is 14.4. The van der Waals surface area contributed by atoms with Crippen LogP contribution in [-0.4, -0.2) is 15.7 Å². The second-order valence-corrected chi connectivity index (χ2v) is 6.93. The van der Waals surface area contributed by atoms with Crippen molar-refractivity contribution in [1.82, 2.24) is 0 Å². The van der Waals surface area contributed by atoms with Crippen molar-refractivity contribution >= 4 is 51.9 Å². The minimum absolute atomic E-state index is 0.0474. The Hall–Kier alpha value is -1.68. The van der Waals surface area contributed by atoms with E-state index in [1.54, 1.807) is 36.4 Å². The summed E-state index contributed by atoms with van der Waals surface area (Å²) in [4.78, 5) is 11.8. The van der Waals surface area contributed by atoms with Gasteiger partial charge in [0.1, 0.15) is 0 Å². The highest BCUT2D eigenvalue weighted by Crippen LogP contribution is 2.12. The summed E-state index contributed by atoms with van der Waals surface area (Å²) >= 11 is 11.6. The number of benzene rings is 2. The molecule has 0 aliphatic rings. The fourth-order valence-electron chi connectivity index (χ4n) is 1.73. The monoisotopic (exact) mass is 364 g/mol. The fourth-order valence-corrected chi connectivity index (χ4v) is 2.76. The maximum Gasteiger partial charge on any atom is 0.168 e. The summed E-state index contributed by atoms with van der Waals surface area (Å²) in [6.45, 7) is 0. The number of carbonyl (C=O) groups is 1. The van der Waals surface area contributed by atoms with E-state index in [1.807, 2.05) is 24.3 Å². The van der Waals surface area contributed by atoms with Gasteiger partial charge in [-0.3, -0.25) is 9.00 Å². The number of rotatable bonds is 6. The third-order valence-corrected chi connectivity index (χ3v) is 4.41. The molecular weight excluding hydrogens is 351 g/mol. The Kier molecular flexibility index (Phi) is 6.78. The van der Waals surface area contributed by atoms with E-state index in [0.29, 0.717) is 10.0 Å². The number of hydrogen-bond acceptors (Lipinski definition) is 2. The van der Waals surface area contributed by atoms with Gasteiger partial charge in [0.05, 0.1) is 16.6 Å². The Morgan fingerprint density at radius 2 is 1.35 bits per heavy atom. The zero-order valence-electron chi connectivity index (χ0n) is 12.1. The second-order valence-electron chi connectivity index (χ2n) is 4.73. The third-order valence-electron chi connectivity index (χ3n) is 2.90. The molecule has 0 spiro atoms. The Morgan fingerprint density at radius 1 is 0.870 bits per heavy atom. The average molecular weight is 365 g/mol. The normalized spacial score (nSPS) is 12.8. The van der Waals surface area contributed by atoms with Gasteiger partial charge >= 0.3 is 0 Å². The molecule has 0 heterocycles. The highest BCUT2D eigenvalue weighted by atomic mass is 35.5. The van der Waals surface area contributed by atoms with Gasteiger partial charge < -0.3 is 0 Å². The van der Waals surface area contributed by atoms with Gasteiger partial charge in [0.15, 0.2) is 5.78 Å². The second kappa shape index (κ2) is 8.82. The van der Waals surface area contributed by atoms with Crippen molar-refractivity contribution in [1.29, 1.82) is 0 Å². The summed E-state index contributed by atoms with van der Waals surface area (Å²) in [5.74, 6) is -0.243. The van der Waals surface area contributed by atoms with Gasteiger partial charge in [0, 0.05) is 15.5 Å². The van der Waals surface area contributed by atoms with Crippen LogP contribution in [0.15, 0.2) is 60.0 Å². The van der Waals surface area contributed by atoms with Gasteiger partial charge in [0.2, 0.25) is 0 Å². The number of ketones is 1.